The molecular weight excluding hydrogens is 267 g/mol. The number of aliphatic hydroxyl groups excluding tert-OH is 1. The molecule has 76 valence electrons. The maximum absolute atomic E-state index is 13.2. The lowest BCUT2D eigenvalue weighted by Crippen LogP contribution is -2.01. The Bertz CT molecular complexity index is 356. The van der Waals surface area contributed by atoms with Crippen LogP contribution in [0.1, 0.15) is 23.7 Å². The van der Waals surface area contributed by atoms with Crippen molar-refractivity contribution in [1.82, 2.24) is 0 Å². The van der Waals surface area contributed by atoms with E-state index in [1.165, 1.54) is 6.07 Å². The zero-order chi connectivity index (χ0) is 10.1. The molecule has 0 amide bonds. The molecule has 1 aromatic rings. The zero-order valence-electron chi connectivity index (χ0n) is 7.46. The second-order valence-electron chi connectivity index (χ2n) is 3.29. The minimum absolute atomic E-state index is 0.251. The van der Waals surface area contributed by atoms with E-state index in [-0.39, 0.29) is 5.82 Å². The molecule has 1 N–H and O–H groups in total. The number of hydrogen-bond acceptors (Lipinski definition) is 2. The number of thioether (sulfide) groups is 1. The van der Waals surface area contributed by atoms with E-state index >= 15 is 0 Å². The van der Waals surface area contributed by atoms with Crippen molar-refractivity contribution in [3.05, 3.63) is 33.5 Å². The van der Waals surface area contributed by atoms with E-state index < -0.39 is 6.10 Å². The topological polar surface area (TPSA) is 20.2 Å². The number of hydrogen-bond donors (Lipinski definition) is 1. The van der Waals surface area contributed by atoms with Gasteiger partial charge in [0.05, 0.1) is 10.6 Å². The maximum atomic E-state index is 13.2. The second-order valence-corrected chi connectivity index (χ2v) is 5.18. The largest absolute Gasteiger partial charge is 0.388 e. The Morgan fingerprint density at radius 2 is 2.29 bits per heavy atom. The molecule has 4 heteroatoms. The third-order valence-electron chi connectivity index (χ3n) is 2.37. The predicted molar refractivity (Wildman–Crippen MR) is 59.8 cm³/mol. The van der Waals surface area contributed by atoms with Crippen LogP contribution in [0.2, 0.25) is 0 Å². The van der Waals surface area contributed by atoms with Gasteiger partial charge in [0.15, 0.2) is 0 Å². The molecule has 0 saturated heterocycles. The van der Waals surface area contributed by atoms with Crippen molar-refractivity contribution in [2.75, 3.05) is 5.75 Å². The average Bonchev–Trinajstić information content (AvgIpc) is 2.35. The molecule has 0 bridgehead atoms. The van der Waals surface area contributed by atoms with Crippen LogP contribution in [-0.2, 0) is 5.75 Å². The van der Waals surface area contributed by atoms with Gasteiger partial charge < -0.3 is 5.11 Å². The first-order valence-electron chi connectivity index (χ1n) is 4.42. The Labute approximate surface area is 94.8 Å². The van der Waals surface area contributed by atoms with Gasteiger partial charge in [-0.25, -0.2) is 4.39 Å². The number of halogens is 2. The Morgan fingerprint density at radius 3 is 3.07 bits per heavy atom. The number of rotatable bonds is 0. The van der Waals surface area contributed by atoms with E-state index in [0.29, 0.717) is 4.47 Å². The molecule has 1 heterocycles. The highest BCUT2D eigenvalue weighted by atomic mass is 79.9. The number of fused-ring (bicyclic) bond motifs is 1. The van der Waals surface area contributed by atoms with E-state index in [2.05, 4.69) is 15.9 Å². The van der Waals surface area contributed by atoms with Crippen molar-refractivity contribution in [1.29, 1.82) is 0 Å². The summed E-state index contributed by atoms with van der Waals surface area (Å²) in [5.41, 5.74) is 1.77. The standard InChI is InChI=1S/C10H10BrFOS/c11-10-7-5-14-4-3-9(13)6(7)1-2-8(10)12/h1-2,9,13H,3-5H2. The summed E-state index contributed by atoms with van der Waals surface area (Å²) in [5, 5.41) is 9.80. The van der Waals surface area contributed by atoms with Gasteiger partial charge in [-0.2, -0.15) is 11.8 Å². The molecule has 0 spiro atoms. The zero-order valence-corrected chi connectivity index (χ0v) is 9.87. The van der Waals surface area contributed by atoms with Crippen LogP contribution in [0, 0.1) is 5.82 Å². The Hall–Kier alpha value is -0.0600. The van der Waals surface area contributed by atoms with Crippen molar-refractivity contribution in [2.45, 2.75) is 18.3 Å². The summed E-state index contributed by atoms with van der Waals surface area (Å²) in [4.78, 5) is 0. The van der Waals surface area contributed by atoms with Gasteiger partial charge in [0.2, 0.25) is 0 Å². The van der Waals surface area contributed by atoms with Crippen LogP contribution < -0.4 is 0 Å². The Balaban J connectivity index is 2.53. The third-order valence-corrected chi connectivity index (χ3v) is 4.25. The van der Waals surface area contributed by atoms with E-state index in [1.54, 1.807) is 17.8 Å². The van der Waals surface area contributed by atoms with Crippen molar-refractivity contribution in [2.24, 2.45) is 0 Å². The van der Waals surface area contributed by atoms with Crippen LogP contribution in [-0.4, -0.2) is 10.9 Å². The Morgan fingerprint density at radius 1 is 1.50 bits per heavy atom. The summed E-state index contributed by atoms with van der Waals surface area (Å²) in [5.74, 6) is 1.44. The summed E-state index contributed by atoms with van der Waals surface area (Å²) in [7, 11) is 0. The SMILES string of the molecule is OC1CCSCc2c1ccc(F)c2Br. The molecule has 1 unspecified atom stereocenters. The Kier molecular flexibility index (Phi) is 3.14. The van der Waals surface area contributed by atoms with E-state index in [4.69, 9.17) is 0 Å². The minimum atomic E-state index is -0.447. The monoisotopic (exact) mass is 276 g/mol. The lowest BCUT2D eigenvalue weighted by molar-refractivity contribution is 0.175. The van der Waals surface area contributed by atoms with Gasteiger partial charge in [-0.15, -0.1) is 0 Å². The molecule has 1 nitrogen and oxygen atoms in total. The molecule has 1 aromatic carbocycles. The van der Waals surface area contributed by atoms with E-state index in [9.17, 15) is 9.50 Å². The van der Waals surface area contributed by atoms with Gasteiger partial charge >= 0.3 is 0 Å². The fourth-order valence-electron chi connectivity index (χ4n) is 1.59. The number of aliphatic hydroxyl groups is 1. The van der Waals surface area contributed by atoms with Gasteiger partial charge in [-0.3, -0.25) is 0 Å². The van der Waals surface area contributed by atoms with E-state index in [0.717, 1.165) is 29.1 Å². The van der Waals surface area contributed by atoms with Crippen LogP contribution in [0.3, 0.4) is 0 Å². The van der Waals surface area contributed by atoms with Gasteiger partial charge in [0.25, 0.3) is 0 Å². The molecule has 0 fully saturated rings. The molecule has 0 saturated carbocycles. The fourth-order valence-corrected chi connectivity index (χ4v) is 3.33. The molecule has 0 radical (unpaired) electrons. The highest BCUT2D eigenvalue weighted by Gasteiger charge is 2.20. The second kappa shape index (κ2) is 4.21. The van der Waals surface area contributed by atoms with Crippen LogP contribution in [0.25, 0.3) is 0 Å². The van der Waals surface area contributed by atoms with Gasteiger partial charge in [0.1, 0.15) is 5.82 Å². The van der Waals surface area contributed by atoms with Crippen molar-refractivity contribution < 1.29 is 9.50 Å². The predicted octanol–water partition coefficient (Wildman–Crippen LogP) is 3.26. The minimum Gasteiger partial charge on any atom is -0.388 e. The molecule has 14 heavy (non-hydrogen) atoms. The molecule has 0 aliphatic carbocycles. The first kappa shape index (κ1) is 10.5. The molecule has 2 rings (SSSR count). The molecule has 1 aliphatic rings. The third kappa shape index (κ3) is 1.83. The maximum Gasteiger partial charge on any atom is 0.137 e. The quantitative estimate of drug-likeness (QED) is 0.785. The first-order chi connectivity index (χ1) is 6.70. The summed E-state index contributed by atoms with van der Waals surface area (Å²) in [6.07, 6.45) is 0.298. The molecule has 1 atom stereocenters. The highest BCUT2D eigenvalue weighted by Crippen LogP contribution is 2.35. The van der Waals surface area contributed by atoms with Crippen LogP contribution >= 0.6 is 27.7 Å². The summed E-state index contributed by atoms with van der Waals surface area (Å²) in [6, 6.07) is 3.09. The number of benzene rings is 1. The smallest absolute Gasteiger partial charge is 0.137 e. The molecule has 1 aliphatic heterocycles. The summed E-state index contributed by atoms with van der Waals surface area (Å²) < 4.78 is 13.7. The van der Waals surface area contributed by atoms with Crippen LogP contribution in [0.5, 0.6) is 0 Å². The van der Waals surface area contributed by atoms with Crippen molar-refractivity contribution in [3.63, 3.8) is 0 Å². The molecule has 0 aromatic heterocycles. The van der Waals surface area contributed by atoms with Crippen LogP contribution in [0.15, 0.2) is 16.6 Å². The van der Waals surface area contributed by atoms with Gasteiger partial charge in [-0.1, -0.05) is 6.07 Å². The normalized spacial score (nSPS) is 21.5. The lowest BCUT2D eigenvalue weighted by Gasteiger charge is -2.12. The molecular formula is C10H10BrFOS. The van der Waals surface area contributed by atoms with Crippen LogP contribution in [0.4, 0.5) is 4.39 Å². The summed E-state index contributed by atoms with van der Waals surface area (Å²) in [6.45, 7) is 0. The van der Waals surface area contributed by atoms with E-state index in [1.807, 2.05) is 0 Å². The van der Waals surface area contributed by atoms with Gasteiger partial charge in [0, 0.05) is 5.75 Å². The van der Waals surface area contributed by atoms with Gasteiger partial charge in [-0.05, 0) is 45.3 Å². The van der Waals surface area contributed by atoms with Crippen molar-refractivity contribution >= 4 is 27.7 Å². The summed E-state index contributed by atoms with van der Waals surface area (Å²) >= 11 is 4.96. The average molecular weight is 277 g/mol. The highest BCUT2D eigenvalue weighted by molar-refractivity contribution is 9.10. The van der Waals surface area contributed by atoms with Crippen molar-refractivity contribution in [3.8, 4) is 0 Å². The fraction of sp³-hybridized carbons (Fsp3) is 0.400. The first-order valence-corrected chi connectivity index (χ1v) is 6.37. The lowest BCUT2D eigenvalue weighted by atomic mass is 10.0.